The van der Waals surface area contributed by atoms with Crippen molar-refractivity contribution in [1.82, 2.24) is 9.78 Å². The highest BCUT2D eigenvalue weighted by Gasteiger charge is 2.26. The van der Waals surface area contributed by atoms with Crippen molar-refractivity contribution in [2.75, 3.05) is 6.61 Å². The predicted octanol–water partition coefficient (Wildman–Crippen LogP) is 2.48. The van der Waals surface area contributed by atoms with Gasteiger partial charge in [0.25, 0.3) is 0 Å². The van der Waals surface area contributed by atoms with Crippen LogP contribution in [0.1, 0.15) is 16.1 Å². The van der Waals surface area contributed by atoms with Crippen molar-refractivity contribution in [2.45, 2.75) is 6.42 Å². The number of halogens is 1. The molecule has 0 amide bonds. The maximum atomic E-state index is 11.2. The molecule has 6 heteroatoms. The molecule has 1 N–H and O–H groups in total. The second-order valence-electron chi connectivity index (χ2n) is 4.34. The molecule has 5 nitrogen and oxygen atoms in total. The Balaban J connectivity index is 2.29. The van der Waals surface area contributed by atoms with Crippen LogP contribution in [-0.2, 0) is 13.5 Å². The number of hydrogen-bond acceptors (Lipinski definition) is 3. The Morgan fingerprint density at radius 1 is 1.53 bits per heavy atom. The van der Waals surface area contributed by atoms with Gasteiger partial charge in [-0.25, -0.2) is 4.79 Å². The zero-order valence-corrected chi connectivity index (χ0v) is 11.8. The fraction of sp³-hybridized carbons (Fsp3) is 0.231. The van der Waals surface area contributed by atoms with Crippen molar-refractivity contribution < 1.29 is 14.6 Å². The molecular weight excluding hydrogens is 312 g/mol. The summed E-state index contributed by atoms with van der Waals surface area (Å²) in [6.07, 6.45) is 0.539. The van der Waals surface area contributed by atoms with Gasteiger partial charge in [-0.15, -0.1) is 0 Å². The third-order valence-electron chi connectivity index (χ3n) is 3.16. The van der Waals surface area contributed by atoms with E-state index in [1.54, 1.807) is 11.7 Å². The van der Waals surface area contributed by atoms with Crippen LogP contribution in [0.4, 0.5) is 0 Å². The van der Waals surface area contributed by atoms with Crippen LogP contribution in [0.25, 0.3) is 11.3 Å². The summed E-state index contributed by atoms with van der Waals surface area (Å²) in [5.74, 6) is -0.259. The van der Waals surface area contributed by atoms with Crippen molar-refractivity contribution >= 4 is 21.9 Å². The minimum Gasteiger partial charge on any atom is -0.492 e. The topological polar surface area (TPSA) is 64.4 Å². The van der Waals surface area contributed by atoms with E-state index in [4.69, 9.17) is 4.74 Å². The molecule has 1 aromatic heterocycles. The van der Waals surface area contributed by atoms with Gasteiger partial charge in [0.1, 0.15) is 5.75 Å². The molecule has 19 heavy (non-hydrogen) atoms. The zero-order chi connectivity index (χ0) is 13.6. The number of ether oxygens (including phenoxy) is 1. The van der Waals surface area contributed by atoms with Crippen molar-refractivity contribution in [3.05, 3.63) is 33.9 Å². The van der Waals surface area contributed by atoms with Gasteiger partial charge in [-0.3, -0.25) is 4.68 Å². The average Bonchev–Trinajstić information content (AvgIpc) is 2.57. The molecule has 0 bridgehead atoms. The minimum atomic E-state index is -1.00. The van der Waals surface area contributed by atoms with Gasteiger partial charge >= 0.3 is 5.97 Å². The van der Waals surface area contributed by atoms with Crippen molar-refractivity contribution in [3.8, 4) is 17.0 Å². The third-order valence-corrected chi connectivity index (χ3v) is 3.65. The molecule has 0 fully saturated rings. The highest BCUT2D eigenvalue weighted by atomic mass is 79.9. The smallest absolute Gasteiger partial charge is 0.356 e. The fourth-order valence-corrected chi connectivity index (χ4v) is 2.73. The van der Waals surface area contributed by atoms with Crippen LogP contribution in [0.2, 0.25) is 0 Å². The Kier molecular flexibility index (Phi) is 2.82. The van der Waals surface area contributed by atoms with Gasteiger partial charge in [0.15, 0.2) is 5.69 Å². The Labute approximate surface area is 117 Å². The second kappa shape index (κ2) is 4.38. The Morgan fingerprint density at radius 3 is 3.05 bits per heavy atom. The van der Waals surface area contributed by atoms with Crippen molar-refractivity contribution in [3.63, 3.8) is 0 Å². The van der Waals surface area contributed by atoms with E-state index < -0.39 is 5.97 Å². The van der Waals surface area contributed by atoms with Gasteiger partial charge in [-0.1, -0.05) is 15.9 Å². The van der Waals surface area contributed by atoms with Gasteiger partial charge in [-0.05, 0) is 18.2 Å². The lowest BCUT2D eigenvalue weighted by atomic mass is 10.0. The molecule has 2 heterocycles. The molecule has 0 unspecified atom stereocenters. The average molecular weight is 323 g/mol. The standard InChI is InChI=1S/C13H11BrN2O3/c1-16-12-8-3-2-7(14)6-10(8)19-5-4-9(12)11(15-16)13(17)18/h2-3,6H,4-5H2,1H3,(H,17,18). The van der Waals surface area contributed by atoms with Gasteiger partial charge in [0, 0.05) is 29.1 Å². The van der Waals surface area contributed by atoms with Gasteiger partial charge < -0.3 is 9.84 Å². The number of carbonyl (C=O) groups is 1. The molecule has 0 saturated heterocycles. The number of aromatic nitrogens is 2. The lowest BCUT2D eigenvalue weighted by molar-refractivity contribution is 0.0688. The first-order valence-corrected chi connectivity index (χ1v) is 6.59. The number of carboxylic acid groups (broad SMARTS) is 1. The lowest BCUT2D eigenvalue weighted by Gasteiger charge is -2.08. The predicted molar refractivity (Wildman–Crippen MR) is 72.5 cm³/mol. The number of benzene rings is 1. The van der Waals surface area contributed by atoms with E-state index in [2.05, 4.69) is 21.0 Å². The summed E-state index contributed by atoms with van der Waals surface area (Å²) < 4.78 is 8.23. The maximum absolute atomic E-state index is 11.2. The minimum absolute atomic E-state index is 0.108. The Morgan fingerprint density at radius 2 is 2.32 bits per heavy atom. The molecule has 1 aliphatic rings. The molecule has 0 spiro atoms. The highest BCUT2D eigenvalue weighted by molar-refractivity contribution is 9.10. The Hall–Kier alpha value is -1.82. The molecule has 0 aliphatic carbocycles. The number of fused-ring (bicyclic) bond motifs is 3. The summed E-state index contributed by atoms with van der Waals surface area (Å²) in [7, 11) is 1.75. The van der Waals surface area contributed by atoms with E-state index in [1.807, 2.05) is 18.2 Å². The quantitative estimate of drug-likeness (QED) is 0.876. The van der Waals surface area contributed by atoms with E-state index >= 15 is 0 Å². The molecule has 0 radical (unpaired) electrons. The summed E-state index contributed by atoms with van der Waals surface area (Å²) in [5.41, 5.74) is 2.53. The van der Waals surface area contributed by atoms with E-state index in [0.29, 0.717) is 13.0 Å². The third kappa shape index (κ3) is 1.92. The van der Waals surface area contributed by atoms with Gasteiger partial charge in [0.05, 0.1) is 12.3 Å². The molecule has 1 aliphatic heterocycles. The summed E-state index contributed by atoms with van der Waals surface area (Å²) in [6, 6.07) is 5.71. The van der Waals surface area contributed by atoms with E-state index in [-0.39, 0.29) is 5.69 Å². The summed E-state index contributed by atoms with van der Waals surface area (Å²) >= 11 is 3.41. The molecule has 2 aromatic rings. The molecule has 98 valence electrons. The lowest BCUT2D eigenvalue weighted by Crippen LogP contribution is -2.05. The SMILES string of the molecule is Cn1nc(C(=O)O)c2c1-c1ccc(Br)cc1OCC2. The fourth-order valence-electron chi connectivity index (χ4n) is 2.39. The van der Waals surface area contributed by atoms with Crippen LogP contribution >= 0.6 is 15.9 Å². The number of hydrogen-bond donors (Lipinski definition) is 1. The number of aromatic carboxylic acids is 1. The largest absolute Gasteiger partial charge is 0.492 e. The highest BCUT2D eigenvalue weighted by Crippen LogP contribution is 2.37. The summed E-state index contributed by atoms with van der Waals surface area (Å²) in [5, 5.41) is 13.3. The summed E-state index contributed by atoms with van der Waals surface area (Å²) in [6.45, 7) is 0.447. The van der Waals surface area contributed by atoms with Crippen LogP contribution in [-0.4, -0.2) is 27.5 Å². The Bertz CT molecular complexity index is 679. The molecule has 0 atom stereocenters. The van der Waals surface area contributed by atoms with E-state index in [9.17, 15) is 9.90 Å². The van der Waals surface area contributed by atoms with Gasteiger partial charge in [-0.2, -0.15) is 5.10 Å². The van der Waals surface area contributed by atoms with Crippen LogP contribution in [0.3, 0.4) is 0 Å². The number of rotatable bonds is 1. The van der Waals surface area contributed by atoms with Crippen LogP contribution in [0.15, 0.2) is 22.7 Å². The first-order chi connectivity index (χ1) is 9.08. The monoisotopic (exact) mass is 322 g/mol. The first-order valence-electron chi connectivity index (χ1n) is 5.80. The first kappa shape index (κ1) is 12.2. The molecule has 0 saturated carbocycles. The van der Waals surface area contributed by atoms with Crippen LogP contribution in [0, 0.1) is 0 Å². The number of aryl methyl sites for hydroxylation is 1. The van der Waals surface area contributed by atoms with Crippen LogP contribution in [0.5, 0.6) is 5.75 Å². The summed E-state index contributed by atoms with van der Waals surface area (Å²) in [4.78, 5) is 11.2. The number of carboxylic acids is 1. The zero-order valence-electron chi connectivity index (χ0n) is 10.2. The van der Waals surface area contributed by atoms with E-state index in [1.165, 1.54) is 0 Å². The molecular formula is C13H11BrN2O3. The normalized spacial score (nSPS) is 13.2. The molecule has 1 aromatic carbocycles. The van der Waals surface area contributed by atoms with E-state index in [0.717, 1.165) is 27.0 Å². The van der Waals surface area contributed by atoms with Crippen molar-refractivity contribution in [1.29, 1.82) is 0 Å². The molecule has 3 rings (SSSR count). The van der Waals surface area contributed by atoms with Crippen LogP contribution < -0.4 is 4.74 Å². The second-order valence-corrected chi connectivity index (χ2v) is 5.26. The number of nitrogens with zero attached hydrogens (tertiary/aromatic N) is 2. The van der Waals surface area contributed by atoms with Crippen molar-refractivity contribution in [2.24, 2.45) is 7.05 Å². The van der Waals surface area contributed by atoms with Gasteiger partial charge in [0.2, 0.25) is 0 Å². The maximum Gasteiger partial charge on any atom is 0.356 e.